The number of aryl methyl sites for hydroxylation is 1. The predicted molar refractivity (Wildman–Crippen MR) is 125 cm³/mol. The summed E-state index contributed by atoms with van der Waals surface area (Å²) in [6.07, 6.45) is 2.50. The lowest BCUT2D eigenvalue weighted by molar-refractivity contribution is 0.0694. The normalized spacial score (nSPS) is 17.9. The summed E-state index contributed by atoms with van der Waals surface area (Å²) in [5.41, 5.74) is 0.939. The number of aliphatic imine (C=N–C) groups is 1. The van der Waals surface area contributed by atoms with Gasteiger partial charge in [0.1, 0.15) is 11.4 Å². The monoisotopic (exact) mass is 513 g/mol. The minimum atomic E-state index is -0.225. The first-order valence-corrected chi connectivity index (χ1v) is 9.95. The van der Waals surface area contributed by atoms with Gasteiger partial charge in [0, 0.05) is 37.9 Å². The number of nitrogens with zero attached hydrogens (tertiary/aromatic N) is 3. The van der Waals surface area contributed by atoms with Crippen LogP contribution in [0.4, 0.5) is 0 Å². The minimum Gasteiger partial charge on any atom is -0.487 e. The number of para-hydroxylation sites is 1. The van der Waals surface area contributed by atoms with Crippen molar-refractivity contribution >= 4 is 29.9 Å². The van der Waals surface area contributed by atoms with Crippen molar-refractivity contribution in [3.8, 4) is 5.75 Å². The van der Waals surface area contributed by atoms with Crippen molar-refractivity contribution in [3.05, 3.63) is 41.5 Å². The number of hydrogen-bond acceptors (Lipinski definition) is 5. The van der Waals surface area contributed by atoms with Crippen LogP contribution in [0, 0.1) is 0 Å². The number of rotatable bonds is 6. The molecule has 1 aliphatic rings. The molecule has 29 heavy (non-hydrogen) atoms. The molecule has 0 saturated carbocycles. The first-order chi connectivity index (χ1) is 13.4. The molecule has 1 unspecified atom stereocenters. The van der Waals surface area contributed by atoms with Crippen LogP contribution >= 0.6 is 24.0 Å². The molecule has 2 aromatic rings. The van der Waals surface area contributed by atoms with Gasteiger partial charge in [-0.2, -0.15) is 4.98 Å². The van der Waals surface area contributed by atoms with Gasteiger partial charge in [0.2, 0.25) is 5.89 Å². The molecular weight excluding hydrogens is 481 g/mol. The van der Waals surface area contributed by atoms with Crippen LogP contribution < -0.4 is 15.4 Å². The van der Waals surface area contributed by atoms with Gasteiger partial charge in [0.15, 0.2) is 11.8 Å². The average Bonchev–Trinajstić information content (AvgIpc) is 3.12. The number of hydrogen-bond donors (Lipinski definition) is 2. The summed E-state index contributed by atoms with van der Waals surface area (Å²) in [4.78, 5) is 8.79. The third-order valence-electron chi connectivity index (χ3n) is 4.77. The quantitative estimate of drug-likeness (QED) is 0.261. The van der Waals surface area contributed by atoms with E-state index in [0.717, 1.165) is 48.9 Å². The molecule has 1 atom stereocenters. The summed E-state index contributed by atoms with van der Waals surface area (Å²) < 4.78 is 11.4. The van der Waals surface area contributed by atoms with Crippen molar-refractivity contribution in [2.24, 2.45) is 4.99 Å². The molecule has 0 aliphatic carbocycles. The molecule has 0 spiro atoms. The third-order valence-corrected chi connectivity index (χ3v) is 4.77. The Morgan fingerprint density at radius 3 is 2.76 bits per heavy atom. The number of fused-ring (bicyclic) bond motifs is 1. The van der Waals surface area contributed by atoms with Gasteiger partial charge in [0.25, 0.3) is 0 Å². The maximum Gasteiger partial charge on any atom is 0.226 e. The van der Waals surface area contributed by atoms with Crippen molar-refractivity contribution < 1.29 is 9.26 Å². The summed E-state index contributed by atoms with van der Waals surface area (Å²) in [5.74, 6) is 3.45. The molecule has 3 rings (SSSR count). The highest BCUT2D eigenvalue weighted by atomic mass is 127. The van der Waals surface area contributed by atoms with Gasteiger partial charge < -0.3 is 19.9 Å². The summed E-state index contributed by atoms with van der Waals surface area (Å²) in [5, 5.41) is 10.9. The van der Waals surface area contributed by atoms with E-state index in [1.807, 2.05) is 18.2 Å². The SMILES string of the molecule is CN=C(NCCCc1nc(C(C)C)no1)NC1CC(C)(C)Oc2ccccc21.I. The van der Waals surface area contributed by atoms with Crippen molar-refractivity contribution in [3.63, 3.8) is 0 Å². The zero-order valence-corrected chi connectivity index (χ0v) is 20.2. The van der Waals surface area contributed by atoms with Crippen LogP contribution in [0.3, 0.4) is 0 Å². The molecule has 1 aromatic heterocycles. The van der Waals surface area contributed by atoms with Crippen LogP contribution in [0.1, 0.15) is 69.8 Å². The topological polar surface area (TPSA) is 84.6 Å². The van der Waals surface area contributed by atoms with E-state index in [4.69, 9.17) is 9.26 Å². The van der Waals surface area contributed by atoms with E-state index < -0.39 is 0 Å². The van der Waals surface area contributed by atoms with Crippen molar-refractivity contribution in [2.45, 2.75) is 64.5 Å². The van der Waals surface area contributed by atoms with Crippen LogP contribution in [-0.4, -0.2) is 35.3 Å². The van der Waals surface area contributed by atoms with Crippen molar-refractivity contribution in [1.29, 1.82) is 0 Å². The summed E-state index contributed by atoms with van der Waals surface area (Å²) in [6.45, 7) is 9.11. The van der Waals surface area contributed by atoms with Crippen molar-refractivity contribution in [1.82, 2.24) is 20.8 Å². The molecule has 1 aliphatic heterocycles. The molecule has 7 nitrogen and oxygen atoms in total. The van der Waals surface area contributed by atoms with E-state index in [1.165, 1.54) is 0 Å². The second-order valence-corrected chi connectivity index (χ2v) is 8.10. The molecule has 8 heteroatoms. The number of halogens is 1. The molecule has 0 amide bonds. The van der Waals surface area contributed by atoms with E-state index in [1.54, 1.807) is 7.05 Å². The van der Waals surface area contributed by atoms with Gasteiger partial charge >= 0.3 is 0 Å². The smallest absolute Gasteiger partial charge is 0.226 e. The lowest BCUT2D eigenvalue weighted by Gasteiger charge is -2.38. The molecule has 0 radical (unpaired) electrons. The highest BCUT2D eigenvalue weighted by molar-refractivity contribution is 14.0. The molecule has 0 fully saturated rings. The first-order valence-electron chi connectivity index (χ1n) is 9.95. The van der Waals surface area contributed by atoms with Gasteiger partial charge in [-0.1, -0.05) is 37.2 Å². The van der Waals surface area contributed by atoms with Crippen LogP contribution in [-0.2, 0) is 6.42 Å². The number of benzene rings is 1. The fourth-order valence-electron chi connectivity index (χ4n) is 3.34. The highest BCUT2D eigenvalue weighted by Gasteiger charge is 2.33. The van der Waals surface area contributed by atoms with E-state index in [0.29, 0.717) is 5.89 Å². The fraction of sp³-hybridized carbons (Fsp3) is 0.571. The Labute approximate surface area is 190 Å². The number of nitrogens with one attached hydrogen (secondary N) is 2. The Hall–Kier alpha value is -1.84. The minimum absolute atomic E-state index is 0. The van der Waals surface area contributed by atoms with Crippen molar-refractivity contribution in [2.75, 3.05) is 13.6 Å². The Bertz CT molecular complexity index is 819. The van der Waals surface area contributed by atoms with Gasteiger partial charge in [-0.25, -0.2) is 0 Å². The maximum atomic E-state index is 6.11. The molecule has 0 bridgehead atoms. The number of aromatic nitrogens is 2. The summed E-state index contributed by atoms with van der Waals surface area (Å²) in [6, 6.07) is 8.33. The Morgan fingerprint density at radius 2 is 2.07 bits per heavy atom. The van der Waals surface area contributed by atoms with E-state index >= 15 is 0 Å². The number of ether oxygens (including phenoxy) is 1. The maximum absolute atomic E-state index is 6.11. The van der Waals surface area contributed by atoms with Crippen LogP contribution in [0.25, 0.3) is 0 Å². The lowest BCUT2D eigenvalue weighted by atomic mass is 9.90. The molecule has 160 valence electrons. The van der Waals surface area contributed by atoms with Crippen LogP contribution in [0.5, 0.6) is 5.75 Å². The van der Waals surface area contributed by atoms with Gasteiger partial charge in [-0.3, -0.25) is 4.99 Å². The molecule has 0 saturated heterocycles. The van der Waals surface area contributed by atoms with Crippen LogP contribution in [0.15, 0.2) is 33.8 Å². The third kappa shape index (κ3) is 6.32. The zero-order valence-electron chi connectivity index (χ0n) is 17.9. The summed E-state index contributed by atoms with van der Waals surface area (Å²) >= 11 is 0. The van der Waals surface area contributed by atoms with Gasteiger partial charge in [-0.05, 0) is 26.3 Å². The van der Waals surface area contributed by atoms with Gasteiger partial charge in [-0.15, -0.1) is 24.0 Å². The number of guanidine groups is 1. The molecule has 2 heterocycles. The molecule has 2 N–H and O–H groups in total. The van der Waals surface area contributed by atoms with E-state index in [2.05, 4.69) is 59.5 Å². The predicted octanol–water partition coefficient (Wildman–Crippen LogP) is 4.21. The van der Waals surface area contributed by atoms with E-state index in [-0.39, 0.29) is 41.5 Å². The Balaban J connectivity index is 0.00000300. The standard InChI is InChI=1S/C21H31N5O2.HI/c1-14(2)19-25-18(28-26-19)11-8-12-23-20(22-5)24-16-13-21(3,4)27-17-10-7-6-9-15(16)17;/h6-7,9-10,14,16H,8,11-13H2,1-5H3,(H2,22,23,24);1H. The Morgan fingerprint density at radius 1 is 1.31 bits per heavy atom. The fourth-order valence-corrected chi connectivity index (χ4v) is 3.34. The zero-order chi connectivity index (χ0) is 20.1. The molecular formula is C21H32IN5O2. The lowest BCUT2D eigenvalue weighted by Crippen LogP contribution is -2.45. The highest BCUT2D eigenvalue weighted by Crippen LogP contribution is 2.39. The second-order valence-electron chi connectivity index (χ2n) is 8.10. The Kier molecular flexibility index (Phi) is 8.30. The van der Waals surface area contributed by atoms with Crippen LogP contribution in [0.2, 0.25) is 0 Å². The van der Waals surface area contributed by atoms with Gasteiger partial charge in [0.05, 0.1) is 6.04 Å². The first kappa shape index (κ1) is 23.4. The van der Waals surface area contributed by atoms with E-state index in [9.17, 15) is 0 Å². The molecule has 1 aromatic carbocycles. The summed E-state index contributed by atoms with van der Waals surface area (Å²) in [7, 11) is 1.79. The largest absolute Gasteiger partial charge is 0.487 e. The average molecular weight is 513 g/mol. The second kappa shape index (κ2) is 10.3.